The molecule has 0 bridgehead atoms. The Morgan fingerprint density at radius 2 is 0.789 bits per heavy atom. The monoisotopic (exact) mass is 1080 g/mol. The van der Waals surface area contributed by atoms with Gasteiger partial charge in [0, 0.05) is 0 Å². The third-order valence-electron chi connectivity index (χ3n) is 15.7. The molecular weight excluding hydrogens is 955 g/mol. The topological polar surface area (TPSA) is 189 Å². The number of allylic oxidation sites excluding steroid dienone is 6. The molecule has 1 fully saturated rings. The number of hydrogen-bond acceptors (Lipinski definition) is 10. The van der Waals surface area contributed by atoms with Gasteiger partial charge in [0.15, 0.2) is 6.29 Å². The van der Waals surface area contributed by atoms with Crippen LogP contribution in [-0.4, -0.2) is 110 Å². The Morgan fingerprint density at radius 3 is 1.17 bits per heavy atom. The first-order chi connectivity index (χ1) is 37.2. The molecular formula is C65H123NO10. The third-order valence-corrected chi connectivity index (χ3v) is 15.7. The summed E-state index contributed by atoms with van der Waals surface area (Å²) in [4.78, 5) is 13.2. The zero-order valence-corrected chi connectivity index (χ0v) is 49.2. The van der Waals surface area contributed by atoms with Crippen LogP contribution >= 0.6 is 0 Å². The van der Waals surface area contributed by atoms with Crippen molar-refractivity contribution in [3.8, 4) is 0 Å². The van der Waals surface area contributed by atoms with Gasteiger partial charge in [-0.3, -0.25) is 4.79 Å². The molecule has 11 nitrogen and oxygen atoms in total. The van der Waals surface area contributed by atoms with Crippen molar-refractivity contribution in [3.05, 3.63) is 36.5 Å². The van der Waals surface area contributed by atoms with E-state index in [1.54, 1.807) is 0 Å². The SMILES string of the molecule is CCCCCCCCCCCCCCCCCCC/C=C/CC/C=C/CC/C=C/CCCC(O)C(O)C(COC1OC(CO)C(O)C(O)C1O)NC(=O)C(O)CCCCCCCCCCCCCCCCCCCCC. The molecule has 9 unspecified atom stereocenters. The Hall–Kier alpha value is -1.67. The van der Waals surface area contributed by atoms with Gasteiger partial charge in [-0.15, -0.1) is 0 Å². The van der Waals surface area contributed by atoms with Gasteiger partial charge in [-0.1, -0.05) is 275 Å². The summed E-state index contributed by atoms with van der Waals surface area (Å²) in [6, 6.07) is -1.19. The van der Waals surface area contributed by atoms with E-state index in [0.717, 1.165) is 44.9 Å². The van der Waals surface area contributed by atoms with Crippen LogP contribution in [-0.2, 0) is 14.3 Å². The van der Waals surface area contributed by atoms with Crippen molar-refractivity contribution in [2.45, 2.75) is 358 Å². The maximum atomic E-state index is 13.2. The summed E-state index contributed by atoms with van der Waals surface area (Å²) < 4.78 is 11.1. The average Bonchev–Trinajstić information content (AvgIpc) is 3.42. The van der Waals surface area contributed by atoms with Gasteiger partial charge in [0.2, 0.25) is 5.91 Å². The second-order valence-corrected chi connectivity index (χ2v) is 22.8. The van der Waals surface area contributed by atoms with Crippen molar-refractivity contribution >= 4 is 5.91 Å². The highest BCUT2D eigenvalue weighted by Gasteiger charge is 2.44. The van der Waals surface area contributed by atoms with E-state index in [1.165, 1.54) is 212 Å². The van der Waals surface area contributed by atoms with E-state index in [1.807, 2.05) is 0 Å². The molecule has 1 aliphatic rings. The van der Waals surface area contributed by atoms with Crippen molar-refractivity contribution < 1.29 is 50.0 Å². The van der Waals surface area contributed by atoms with E-state index in [9.17, 15) is 40.5 Å². The van der Waals surface area contributed by atoms with E-state index in [2.05, 4.69) is 55.6 Å². The van der Waals surface area contributed by atoms with Gasteiger partial charge in [-0.25, -0.2) is 0 Å². The first kappa shape index (κ1) is 72.3. The Labute approximate surface area is 467 Å². The predicted octanol–water partition coefficient (Wildman–Crippen LogP) is 14.6. The Morgan fingerprint density at radius 1 is 0.447 bits per heavy atom. The second kappa shape index (κ2) is 53.9. The standard InChI is InChI=1S/C65H123NO10/c1-3-5-7-9-11-13-15-17-19-21-23-24-25-26-27-28-29-30-31-32-33-35-36-38-40-42-44-46-48-50-52-57(68)60(70)56(55-75-65-63(73)62(72)61(71)59(54-67)76-65)66-64(74)58(69)53-51-49-47-45-43-41-39-37-34-22-20-18-16-14-12-10-8-6-4-2/h31-32,36,38,44,46,56-63,65,67-73H,3-30,33-35,37,39-43,45,47-55H2,1-2H3,(H,66,74)/b32-31+,38-36+,46-44+. The van der Waals surface area contributed by atoms with Crippen LogP contribution in [0.1, 0.15) is 303 Å². The second-order valence-electron chi connectivity index (χ2n) is 22.8. The number of hydrogen-bond donors (Lipinski definition) is 8. The van der Waals surface area contributed by atoms with Crippen molar-refractivity contribution in [3.63, 3.8) is 0 Å². The maximum absolute atomic E-state index is 13.2. The van der Waals surface area contributed by atoms with Gasteiger partial charge in [0.1, 0.15) is 36.6 Å². The van der Waals surface area contributed by atoms with Gasteiger partial charge in [-0.05, 0) is 64.2 Å². The smallest absolute Gasteiger partial charge is 0.249 e. The summed E-state index contributed by atoms with van der Waals surface area (Å²) in [5.74, 6) is -0.708. The number of nitrogens with one attached hydrogen (secondary N) is 1. The molecule has 9 atom stereocenters. The number of rotatable bonds is 56. The number of aliphatic hydroxyl groups is 7. The summed E-state index contributed by atoms with van der Waals surface area (Å²) in [6.45, 7) is 3.47. The number of aliphatic hydroxyl groups excluding tert-OH is 7. The molecule has 8 N–H and O–H groups in total. The third kappa shape index (κ3) is 41.4. The zero-order valence-electron chi connectivity index (χ0n) is 49.2. The van der Waals surface area contributed by atoms with Gasteiger partial charge in [0.05, 0.1) is 25.4 Å². The maximum Gasteiger partial charge on any atom is 0.249 e. The molecule has 1 saturated heterocycles. The molecule has 0 aromatic carbocycles. The summed E-state index contributed by atoms with van der Waals surface area (Å²) in [7, 11) is 0. The first-order valence-corrected chi connectivity index (χ1v) is 32.4. The van der Waals surface area contributed by atoms with Crippen molar-refractivity contribution in [2.75, 3.05) is 13.2 Å². The Bertz CT molecular complexity index is 1330. The molecule has 0 radical (unpaired) electrons. The summed E-state index contributed by atoms with van der Waals surface area (Å²) in [5, 5.41) is 76.3. The quantitative estimate of drug-likeness (QED) is 0.0215. The average molecular weight is 1080 g/mol. The number of carbonyl (C=O) groups is 1. The largest absolute Gasteiger partial charge is 0.394 e. The zero-order chi connectivity index (χ0) is 55.4. The van der Waals surface area contributed by atoms with Gasteiger partial charge < -0.3 is 50.5 Å². The molecule has 0 saturated carbocycles. The van der Waals surface area contributed by atoms with Gasteiger partial charge in [0.25, 0.3) is 0 Å². The van der Waals surface area contributed by atoms with Gasteiger partial charge in [-0.2, -0.15) is 0 Å². The fourth-order valence-corrected chi connectivity index (χ4v) is 10.4. The van der Waals surface area contributed by atoms with E-state index in [4.69, 9.17) is 9.47 Å². The fourth-order valence-electron chi connectivity index (χ4n) is 10.4. The minimum atomic E-state index is -1.67. The minimum Gasteiger partial charge on any atom is -0.394 e. The van der Waals surface area contributed by atoms with Crippen LogP contribution in [0.5, 0.6) is 0 Å². The fraction of sp³-hybridized carbons (Fsp3) is 0.892. The molecule has 11 heteroatoms. The molecule has 76 heavy (non-hydrogen) atoms. The lowest BCUT2D eigenvalue weighted by Crippen LogP contribution is -2.60. The Kier molecular flexibility index (Phi) is 51.3. The number of unbranched alkanes of at least 4 members (excludes halogenated alkanes) is 38. The van der Waals surface area contributed by atoms with Crippen LogP contribution in [0.4, 0.5) is 0 Å². The summed E-state index contributed by atoms with van der Waals surface area (Å²) in [5.41, 5.74) is 0. The van der Waals surface area contributed by atoms with Crippen LogP contribution in [0.15, 0.2) is 36.5 Å². The molecule has 1 heterocycles. The molecule has 0 spiro atoms. The highest BCUT2D eigenvalue weighted by molar-refractivity contribution is 5.80. The van der Waals surface area contributed by atoms with Crippen molar-refractivity contribution in [1.82, 2.24) is 5.32 Å². The molecule has 1 amide bonds. The molecule has 0 aliphatic carbocycles. The molecule has 0 aromatic rings. The van der Waals surface area contributed by atoms with Crippen LogP contribution < -0.4 is 5.32 Å². The van der Waals surface area contributed by atoms with E-state index in [0.29, 0.717) is 19.3 Å². The van der Waals surface area contributed by atoms with E-state index < -0.39 is 74.2 Å². The molecule has 1 aliphatic heterocycles. The highest BCUT2D eigenvalue weighted by Crippen LogP contribution is 2.24. The molecule has 448 valence electrons. The van der Waals surface area contributed by atoms with Crippen LogP contribution in [0.25, 0.3) is 0 Å². The summed E-state index contributed by atoms with van der Waals surface area (Å²) >= 11 is 0. The van der Waals surface area contributed by atoms with Crippen LogP contribution in [0.3, 0.4) is 0 Å². The molecule has 0 aromatic heterocycles. The molecule has 1 rings (SSSR count). The van der Waals surface area contributed by atoms with Gasteiger partial charge >= 0.3 is 0 Å². The predicted molar refractivity (Wildman–Crippen MR) is 316 cm³/mol. The normalized spacial score (nSPS) is 19.8. The lowest BCUT2D eigenvalue weighted by molar-refractivity contribution is -0.303. The highest BCUT2D eigenvalue weighted by atomic mass is 16.7. The number of amides is 1. The number of carbonyl (C=O) groups excluding carboxylic acids is 1. The Balaban J connectivity index is 2.28. The van der Waals surface area contributed by atoms with Crippen molar-refractivity contribution in [2.24, 2.45) is 0 Å². The van der Waals surface area contributed by atoms with Crippen molar-refractivity contribution in [1.29, 1.82) is 0 Å². The lowest BCUT2D eigenvalue weighted by Gasteiger charge is -2.40. The first-order valence-electron chi connectivity index (χ1n) is 32.4. The number of ether oxygens (including phenoxy) is 2. The van der Waals surface area contributed by atoms with Crippen LogP contribution in [0.2, 0.25) is 0 Å². The van der Waals surface area contributed by atoms with Crippen LogP contribution in [0, 0.1) is 0 Å². The minimum absolute atomic E-state index is 0.243. The van der Waals surface area contributed by atoms with E-state index in [-0.39, 0.29) is 12.8 Å². The summed E-state index contributed by atoms with van der Waals surface area (Å²) in [6.07, 6.45) is 56.5. The van der Waals surface area contributed by atoms with E-state index >= 15 is 0 Å². The lowest BCUT2D eigenvalue weighted by atomic mass is 9.98.